The molecule has 0 bridgehead atoms. The van der Waals surface area contributed by atoms with Crippen LogP contribution in [-0.4, -0.2) is 38.6 Å². The maximum absolute atomic E-state index is 12.0. The normalized spacial score (nSPS) is 14.2. The number of furan rings is 1. The summed E-state index contributed by atoms with van der Waals surface area (Å²) >= 11 is 0. The molecule has 1 atom stereocenters. The highest BCUT2D eigenvalue weighted by Crippen LogP contribution is 2.11. The van der Waals surface area contributed by atoms with Crippen LogP contribution in [0.4, 0.5) is 0 Å². The van der Waals surface area contributed by atoms with Crippen molar-refractivity contribution in [2.45, 2.75) is 18.7 Å². The van der Waals surface area contributed by atoms with Gasteiger partial charge in [-0.2, -0.15) is 4.31 Å². The van der Waals surface area contributed by atoms with Crippen molar-refractivity contribution >= 4 is 10.0 Å². The van der Waals surface area contributed by atoms with Gasteiger partial charge in [0.1, 0.15) is 5.76 Å². The molecule has 1 rings (SSSR count). The molecule has 0 radical (unpaired) electrons. The summed E-state index contributed by atoms with van der Waals surface area (Å²) in [5.74, 6) is 0.641. The number of sulfonamides is 1. The van der Waals surface area contributed by atoms with Gasteiger partial charge in [-0.05, 0) is 26.1 Å². The minimum Gasteiger partial charge on any atom is -0.468 e. The van der Waals surface area contributed by atoms with Gasteiger partial charge < -0.3 is 9.73 Å². The van der Waals surface area contributed by atoms with Gasteiger partial charge in [-0.15, -0.1) is 0 Å². The maximum atomic E-state index is 12.0. The van der Waals surface area contributed by atoms with E-state index in [1.54, 1.807) is 33.2 Å². The molecule has 0 fully saturated rings. The average Bonchev–Trinajstić information content (AvgIpc) is 2.70. The monoisotopic (exact) mass is 246 g/mol. The molecule has 0 amide bonds. The van der Waals surface area contributed by atoms with E-state index in [9.17, 15) is 8.42 Å². The summed E-state index contributed by atoms with van der Waals surface area (Å²) in [5, 5.41) is 2.41. The zero-order valence-electron chi connectivity index (χ0n) is 9.80. The third-order valence-electron chi connectivity index (χ3n) is 2.39. The van der Waals surface area contributed by atoms with Crippen LogP contribution >= 0.6 is 0 Å². The third-order valence-corrected chi connectivity index (χ3v) is 4.57. The molecule has 16 heavy (non-hydrogen) atoms. The molecule has 0 aliphatic heterocycles. The Bertz CT molecular complexity index is 400. The molecule has 0 saturated carbocycles. The lowest BCUT2D eigenvalue weighted by Crippen LogP contribution is -2.38. The largest absolute Gasteiger partial charge is 0.468 e. The predicted molar refractivity (Wildman–Crippen MR) is 62.5 cm³/mol. The van der Waals surface area contributed by atoms with Crippen LogP contribution < -0.4 is 5.32 Å². The molecule has 0 spiro atoms. The van der Waals surface area contributed by atoms with Gasteiger partial charge in [0, 0.05) is 13.6 Å². The van der Waals surface area contributed by atoms with E-state index in [1.165, 1.54) is 10.6 Å². The van der Waals surface area contributed by atoms with Crippen molar-refractivity contribution in [2.24, 2.45) is 0 Å². The highest BCUT2D eigenvalue weighted by Gasteiger charge is 2.25. The van der Waals surface area contributed by atoms with Crippen molar-refractivity contribution in [1.82, 2.24) is 9.62 Å². The Morgan fingerprint density at radius 1 is 1.56 bits per heavy atom. The molecular formula is C10H18N2O3S. The van der Waals surface area contributed by atoms with Crippen molar-refractivity contribution in [3.05, 3.63) is 24.2 Å². The molecule has 0 saturated heterocycles. The summed E-state index contributed by atoms with van der Waals surface area (Å²) in [6.07, 6.45) is 1.53. The van der Waals surface area contributed by atoms with Crippen LogP contribution in [0.25, 0.3) is 0 Å². The van der Waals surface area contributed by atoms with Gasteiger partial charge in [0.25, 0.3) is 0 Å². The van der Waals surface area contributed by atoms with Gasteiger partial charge in [0.05, 0.1) is 18.1 Å². The van der Waals surface area contributed by atoms with E-state index >= 15 is 0 Å². The Hall–Kier alpha value is -0.850. The standard InChI is InChI=1S/C10H18N2O3S/c1-9(7-11-2)16(13,14)12(3)8-10-5-4-6-15-10/h4-6,9,11H,7-8H2,1-3H3. The second-order valence-electron chi connectivity index (χ2n) is 3.75. The summed E-state index contributed by atoms with van der Waals surface area (Å²) in [6.45, 7) is 2.39. The van der Waals surface area contributed by atoms with Crippen LogP contribution in [0.5, 0.6) is 0 Å². The molecule has 5 nitrogen and oxygen atoms in total. The number of rotatable bonds is 6. The van der Waals surface area contributed by atoms with E-state index in [-0.39, 0.29) is 6.54 Å². The van der Waals surface area contributed by atoms with Gasteiger partial charge >= 0.3 is 0 Å². The summed E-state index contributed by atoms with van der Waals surface area (Å²) in [7, 11) is 0.0278. The van der Waals surface area contributed by atoms with E-state index in [4.69, 9.17) is 4.42 Å². The van der Waals surface area contributed by atoms with Crippen molar-refractivity contribution in [3.8, 4) is 0 Å². The van der Waals surface area contributed by atoms with Gasteiger partial charge in [-0.25, -0.2) is 8.42 Å². The Labute approximate surface area is 96.5 Å². The fraction of sp³-hybridized carbons (Fsp3) is 0.600. The van der Waals surface area contributed by atoms with Crippen LogP contribution in [0.1, 0.15) is 12.7 Å². The molecule has 0 aromatic carbocycles. The fourth-order valence-corrected chi connectivity index (χ4v) is 2.71. The smallest absolute Gasteiger partial charge is 0.218 e. The topological polar surface area (TPSA) is 62.6 Å². The number of hydrogen-bond donors (Lipinski definition) is 1. The maximum Gasteiger partial charge on any atom is 0.218 e. The highest BCUT2D eigenvalue weighted by molar-refractivity contribution is 7.89. The van der Waals surface area contributed by atoms with Gasteiger partial charge in [0.15, 0.2) is 0 Å². The molecule has 0 aliphatic rings. The number of nitrogens with one attached hydrogen (secondary N) is 1. The van der Waals surface area contributed by atoms with E-state index in [0.717, 1.165) is 0 Å². The zero-order valence-corrected chi connectivity index (χ0v) is 10.6. The van der Waals surface area contributed by atoms with Crippen LogP contribution in [0.2, 0.25) is 0 Å². The Morgan fingerprint density at radius 3 is 2.75 bits per heavy atom. The molecule has 6 heteroatoms. The van der Waals surface area contributed by atoms with Crippen molar-refractivity contribution < 1.29 is 12.8 Å². The molecule has 1 heterocycles. The molecule has 92 valence electrons. The zero-order chi connectivity index (χ0) is 12.2. The van der Waals surface area contributed by atoms with Crippen LogP contribution in [0, 0.1) is 0 Å². The SMILES string of the molecule is CNCC(C)S(=O)(=O)N(C)Cc1ccco1. The highest BCUT2D eigenvalue weighted by atomic mass is 32.2. The Kier molecular flexibility index (Phi) is 4.52. The molecule has 0 aliphatic carbocycles. The summed E-state index contributed by atoms with van der Waals surface area (Å²) < 4.78 is 30.4. The molecule has 1 aromatic rings. The van der Waals surface area contributed by atoms with Gasteiger partial charge in [-0.1, -0.05) is 0 Å². The fourth-order valence-electron chi connectivity index (χ4n) is 1.41. The van der Waals surface area contributed by atoms with Crippen LogP contribution in [0.3, 0.4) is 0 Å². The summed E-state index contributed by atoms with van der Waals surface area (Å²) in [5.41, 5.74) is 0. The number of nitrogens with zero attached hydrogens (tertiary/aromatic N) is 1. The van der Waals surface area contributed by atoms with E-state index in [2.05, 4.69) is 5.32 Å². The molecular weight excluding hydrogens is 228 g/mol. The first-order valence-electron chi connectivity index (χ1n) is 5.10. The minimum atomic E-state index is -3.27. The van der Waals surface area contributed by atoms with Crippen molar-refractivity contribution in [1.29, 1.82) is 0 Å². The first kappa shape index (κ1) is 13.2. The first-order valence-corrected chi connectivity index (χ1v) is 6.61. The van der Waals surface area contributed by atoms with Gasteiger partial charge in [-0.3, -0.25) is 0 Å². The van der Waals surface area contributed by atoms with Crippen LogP contribution in [-0.2, 0) is 16.6 Å². The van der Waals surface area contributed by atoms with E-state index < -0.39 is 15.3 Å². The predicted octanol–water partition coefficient (Wildman–Crippen LogP) is 0.649. The van der Waals surface area contributed by atoms with E-state index in [0.29, 0.717) is 12.3 Å². The van der Waals surface area contributed by atoms with Gasteiger partial charge in [0.2, 0.25) is 10.0 Å². The quantitative estimate of drug-likeness (QED) is 0.800. The number of hydrogen-bond acceptors (Lipinski definition) is 4. The Balaban J connectivity index is 2.69. The molecule has 1 N–H and O–H groups in total. The second-order valence-corrected chi connectivity index (χ2v) is 6.21. The molecule has 1 unspecified atom stereocenters. The average molecular weight is 246 g/mol. The first-order chi connectivity index (χ1) is 7.48. The van der Waals surface area contributed by atoms with Crippen molar-refractivity contribution in [3.63, 3.8) is 0 Å². The lowest BCUT2D eigenvalue weighted by atomic mass is 10.4. The lowest BCUT2D eigenvalue weighted by molar-refractivity contribution is 0.401. The van der Waals surface area contributed by atoms with Crippen LogP contribution in [0.15, 0.2) is 22.8 Å². The molecule has 1 aromatic heterocycles. The second kappa shape index (κ2) is 5.47. The summed E-state index contributed by atoms with van der Waals surface area (Å²) in [6, 6.07) is 3.50. The van der Waals surface area contributed by atoms with E-state index in [1.807, 2.05) is 0 Å². The Morgan fingerprint density at radius 2 is 2.25 bits per heavy atom. The third kappa shape index (κ3) is 3.07. The lowest BCUT2D eigenvalue weighted by Gasteiger charge is -2.20. The summed E-state index contributed by atoms with van der Waals surface area (Å²) in [4.78, 5) is 0. The minimum absolute atomic E-state index is 0.267. The van der Waals surface area contributed by atoms with Crippen molar-refractivity contribution in [2.75, 3.05) is 20.6 Å².